The normalized spacial score (nSPS) is 11.2. The molecule has 5 rings (SSSR count). The molecule has 0 fully saturated rings. The van der Waals surface area contributed by atoms with Crippen LogP contribution in [0.25, 0.3) is 17.2 Å². The third-order valence-corrected chi connectivity index (χ3v) is 4.62. The quantitative estimate of drug-likeness (QED) is 0.283. The fourth-order valence-electron chi connectivity index (χ4n) is 3.03. The van der Waals surface area contributed by atoms with Crippen molar-refractivity contribution in [1.82, 2.24) is 4.98 Å². The van der Waals surface area contributed by atoms with Gasteiger partial charge in [0.1, 0.15) is 0 Å². The van der Waals surface area contributed by atoms with Crippen LogP contribution in [0.5, 0.6) is 0 Å². The van der Waals surface area contributed by atoms with Crippen LogP contribution in [0.4, 0.5) is 0 Å². The molecule has 0 aliphatic heterocycles. The van der Waals surface area contributed by atoms with E-state index in [1.807, 2.05) is 30.6 Å². The van der Waals surface area contributed by atoms with Gasteiger partial charge in [-0.2, -0.15) is 18.2 Å². The third kappa shape index (κ3) is 5.98. The van der Waals surface area contributed by atoms with Crippen LogP contribution in [-0.4, -0.2) is 4.98 Å². The predicted octanol–water partition coefficient (Wildman–Crippen LogP) is -0.0747. The molecule has 2 aromatic carbocycles. The van der Waals surface area contributed by atoms with Gasteiger partial charge in [0, 0.05) is 12.4 Å². The zero-order valence-electron chi connectivity index (χ0n) is 14.2. The number of hydrogen-bond acceptors (Lipinski definition) is 2. The summed E-state index contributed by atoms with van der Waals surface area (Å²) in [5.41, 5.74) is 7.81. The van der Waals surface area contributed by atoms with Gasteiger partial charge in [0.2, 0.25) is 0 Å². The topological polar surface area (TPSA) is 12.9 Å². The summed E-state index contributed by atoms with van der Waals surface area (Å²) < 4.78 is 1.03. The predicted molar refractivity (Wildman–Crippen MR) is 105 cm³/mol. The molecule has 27 heavy (non-hydrogen) atoms. The van der Waals surface area contributed by atoms with Crippen LogP contribution < -0.4 is 24.8 Å². The molecule has 0 unspecified atom stereocenters. The number of aromatic nitrogens is 1. The number of allylic oxidation sites excluding steroid dienone is 1. The van der Waals surface area contributed by atoms with Crippen molar-refractivity contribution in [2.45, 2.75) is 12.8 Å². The molecule has 1 aromatic heterocycles. The van der Waals surface area contributed by atoms with Crippen molar-refractivity contribution < 1.29 is 47.5 Å². The number of benzene rings is 2. The average molecular weight is 554 g/mol. The first-order valence-corrected chi connectivity index (χ1v) is 12.0. The molecular formula is C21H14BrCl2NSZr-2. The summed E-state index contributed by atoms with van der Waals surface area (Å²) in [4.78, 5) is 4.15. The van der Waals surface area contributed by atoms with Crippen molar-refractivity contribution in [2.24, 2.45) is 0 Å². The fraction of sp³-hybridized carbons (Fsp3) is 0.0952. The zero-order valence-corrected chi connectivity index (χ0v) is 20.5. The molecule has 0 radical (unpaired) electrons. The molecule has 0 saturated carbocycles. The molecule has 0 atom stereocenters. The Labute approximate surface area is 199 Å². The maximum absolute atomic E-state index is 4.17. The molecule has 6 heteroatoms. The van der Waals surface area contributed by atoms with E-state index in [2.05, 4.69) is 72.3 Å². The summed E-state index contributed by atoms with van der Waals surface area (Å²) in [6.07, 6.45) is 10.1. The van der Waals surface area contributed by atoms with Crippen molar-refractivity contribution in [1.29, 1.82) is 0 Å². The standard InChI is InChI=1S/C12H7BrN.C9H7.2ClH.S.Zr/c13-10-1-2-11-9(6-10)5-8-3-4-14-7-12(8)11;1-2-5-9-7-3-6-8(9)4-1;;;;/h1-4,7H,5H2;1-4,7H,6H2;2*1H;;/q2*-1;;;;+2/p-2. The second-order valence-corrected chi connectivity index (χ2v) is 6.48. The smallest absolute Gasteiger partial charge is 0.0528 e. The van der Waals surface area contributed by atoms with Gasteiger partial charge in [-0.25, -0.2) is 0 Å². The average Bonchev–Trinajstić information content (AvgIpc) is 3.27. The minimum absolute atomic E-state index is 0. The van der Waals surface area contributed by atoms with Crippen molar-refractivity contribution in [2.75, 3.05) is 0 Å². The third-order valence-electron chi connectivity index (χ3n) is 4.16. The van der Waals surface area contributed by atoms with Crippen LogP contribution in [-0.2, 0) is 35.5 Å². The van der Waals surface area contributed by atoms with Gasteiger partial charge in [-0.15, -0.1) is 58.7 Å². The van der Waals surface area contributed by atoms with Crippen LogP contribution in [0.2, 0.25) is 0 Å². The van der Waals surface area contributed by atoms with Crippen LogP contribution in [0.3, 0.4) is 0 Å². The van der Waals surface area contributed by atoms with Gasteiger partial charge in [-0.1, -0.05) is 32.4 Å². The minimum Gasteiger partial charge on any atom is -0.147 e. The van der Waals surface area contributed by atoms with E-state index in [0.717, 1.165) is 40.0 Å². The van der Waals surface area contributed by atoms with Crippen molar-refractivity contribution in [3.8, 4) is 11.1 Å². The Kier molecular flexibility index (Phi) is 11.0. The van der Waals surface area contributed by atoms with E-state index in [-0.39, 0.29) is 24.8 Å². The van der Waals surface area contributed by atoms with Gasteiger partial charge in [0.05, 0.1) is 0 Å². The zero-order chi connectivity index (χ0) is 17.6. The van der Waals surface area contributed by atoms with E-state index in [1.165, 1.54) is 33.4 Å². The number of rotatable bonds is 0. The summed E-state index contributed by atoms with van der Waals surface area (Å²) in [6.45, 7) is 0. The Hall–Kier alpha value is -0.507. The van der Waals surface area contributed by atoms with Crippen LogP contribution in [0.1, 0.15) is 22.3 Å². The van der Waals surface area contributed by atoms with Crippen LogP contribution in [0, 0.1) is 12.1 Å². The molecule has 136 valence electrons. The molecule has 0 amide bonds. The number of halogens is 3. The van der Waals surface area contributed by atoms with E-state index >= 15 is 0 Å². The van der Waals surface area contributed by atoms with Gasteiger partial charge in [0.15, 0.2) is 0 Å². The van der Waals surface area contributed by atoms with E-state index in [4.69, 9.17) is 0 Å². The van der Waals surface area contributed by atoms with Crippen LogP contribution >= 0.6 is 24.8 Å². The summed E-state index contributed by atoms with van der Waals surface area (Å²) in [5, 5.41) is 0. The van der Waals surface area contributed by atoms with Crippen molar-refractivity contribution >= 4 is 30.9 Å². The van der Waals surface area contributed by atoms with Crippen LogP contribution in [0.15, 0.2) is 59.3 Å². The van der Waals surface area contributed by atoms with E-state index in [0.29, 0.717) is 0 Å². The summed E-state index contributed by atoms with van der Waals surface area (Å²) in [6, 6.07) is 18.9. The molecule has 0 saturated heterocycles. The fourth-order valence-corrected chi connectivity index (χ4v) is 3.41. The largest absolute Gasteiger partial charge is 0.147 e. The Morgan fingerprint density at radius 2 is 1.85 bits per heavy atom. The first-order chi connectivity index (χ1) is 12.3. The van der Waals surface area contributed by atoms with Gasteiger partial charge in [0.25, 0.3) is 0 Å². The minimum atomic E-state index is 0. The maximum Gasteiger partial charge on any atom is -0.0528 e. The van der Waals surface area contributed by atoms with Crippen molar-refractivity contribution in [3.05, 3.63) is 93.7 Å². The number of fused-ring (bicyclic) bond motifs is 4. The van der Waals surface area contributed by atoms with Gasteiger partial charge < -0.3 is 24.8 Å². The monoisotopic (exact) mass is 551 g/mol. The first kappa shape index (κ1) is 24.5. The van der Waals surface area contributed by atoms with Gasteiger partial charge >= 0.3 is 31.5 Å². The molecule has 1 heterocycles. The van der Waals surface area contributed by atoms with Gasteiger partial charge in [-0.3, -0.25) is 4.98 Å². The molecule has 2 aliphatic rings. The molecule has 3 aromatic rings. The van der Waals surface area contributed by atoms with Gasteiger partial charge in [-0.05, 0) is 18.1 Å². The van der Waals surface area contributed by atoms with E-state index in [9.17, 15) is 0 Å². The van der Waals surface area contributed by atoms with Crippen molar-refractivity contribution in [3.63, 3.8) is 0 Å². The molecular weight excluding hydrogens is 540 g/mol. The molecule has 0 N–H and O–H groups in total. The number of hydrogen-bond donors (Lipinski definition) is 0. The summed E-state index contributed by atoms with van der Waals surface area (Å²) in [5.74, 6) is 0. The molecule has 1 nitrogen and oxygen atoms in total. The first-order valence-electron chi connectivity index (χ1n) is 7.82. The summed E-state index contributed by atoms with van der Waals surface area (Å²) in [7, 11) is 4.17. The SMILES string of the molecule is Brc1[c-]c2c(cc1)-c1cnccc1C2.[Cl-].[Cl-].[S]=[Zr+2].[c-]1cccc2c1C=CC2. The molecule has 0 spiro atoms. The Morgan fingerprint density at radius 1 is 1.04 bits per heavy atom. The number of pyridine rings is 1. The Bertz CT molecular complexity index is 934. The number of nitrogens with zero attached hydrogens (tertiary/aromatic N) is 1. The Balaban J connectivity index is 0.000000247. The maximum atomic E-state index is 4.17. The molecule has 2 aliphatic carbocycles. The molecule has 0 bridgehead atoms. The van der Waals surface area contributed by atoms with E-state index < -0.39 is 0 Å². The second-order valence-electron chi connectivity index (χ2n) is 5.62. The Morgan fingerprint density at radius 3 is 2.63 bits per heavy atom. The summed E-state index contributed by atoms with van der Waals surface area (Å²) >= 11 is 4.57. The van der Waals surface area contributed by atoms with E-state index in [1.54, 1.807) is 0 Å². The second kappa shape index (κ2) is 12.1.